The van der Waals surface area contributed by atoms with E-state index in [2.05, 4.69) is 0 Å². The van der Waals surface area contributed by atoms with Crippen LogP contribution in [0.2, 0.25) is 0 Å². The van der Waals surface area contributed by atoms with E-state index >= 15 is 0 Å². The van der Waals surface area contributed by atoms with Gasteiger partial charge in [-0.15, -0.1) is 0 Å². The van der Waals surface area contributed by atoms with Crippen molar-refractivity contribution >= 4 is 11.9 Å². The van der Waals surface area contributed by atoms with Crippen molar-refractivity contribution in [1.29, 1.82) is 0 Å². The van der Waals surface area contributed by atoms with E-state index in [0.29, 0.717) is 0 Å². The van der Waals surface area contributed by atoms with Gasteiger partial charge >= 0.3 is 11.9 Å². The lowest BCUT2D eigenvalue weighted by molar-refractivity contribution is -0.153. The number of ether oxygens (including phenoxy) is 2. The first-order chi connectivity index (χ1) is 11.1. The quantitative estimate of drug-likeness (QED) is 0.806. The third-order valence-corrected chi connectivity index (χ3v) is 4.83. The predicted molar refractivity (Wildman–Crippen MR) is 81.3 cm³/mol. The Kier molecular flexibility index (Phi) is 4.63. The summed E-state index contributed by atoms with van der Waals surface area (Å²) in [6.45, 7) is 0.192. The van der Waals surface area contributed by atoms with Gasteiger partial charge in [-0.25, -0.2) is 0 Å². The third kappa shape index (κ3) is 3.09. The van der Waals surface area contributed by atoms with Crippen LogP contribution in [0, 0.1) is 5.92 Å². The highest BCUT2D eigenvalue weighted by Gasteiger charge is 2.56. The Hall–Kier alpha value is -1.92. The molecule has 1 saturated carbocycles. The van der Waals surface area contributed by atoms with Gasteiger partial charge < -0.3 is 14.6 Å². The fourth-order valence-corrected chi connectivity index (χ4v) is 3.50. The number of aliphatic hydroxyl groups excluding tert-OH is 1. The van der Waals surface area contributed by atoms with E-state index in [0.717, 1.165) is 18.4 Å². The fourth-order valence-electron chi connectivity index (χ4n) is 3.50. The van der Waals surface area contributed by atoms with Crippen molar-refractivity contribution in [3.05, 3.63) is 35.9 Å². The topological polar surface area (TPSA) is 76.1 Å². The number of benzene rings is 1. The summed E-state index contributed by atoms with van der Waals surface area (Å²) in [6.07, 6.45) is 0.971. The first kappa shape index (κ1) is 16.0. The van der Waals surface area contributed by atoms with Gasteiger partial charge in [-0.3, -0.25) is 14.5 Å². The minimum Gasteiger partial charge on any atom is -0.468 e. The van der Waals surface area contributed by atoms with E-state index < -0.39 is 24.1 Å². The van der Waals surface area contributed by atoms with Gasteiger partial charge in [-0.05, 0) is 18.4 Å². The molecular formula is C17H21NO5. The Labute approximate surface area is 135 Å². The number of likely N-dealkylation sites (tertiary alicyclic amines) is 1. The smallest absolute Gasteiger partial charge is 0.325 e. The molecule has 2 unspecified atom stereocenters. The summed E-state index contributed by atoms with van der Waals surface area (Å²) in [5.74, 6) is -0.855. The van der Waals surface area contributed by atoms with E-state index in [9.17, 15) is 14.7 Å². The van der Waals surface area contributed by atoms with Gasteiger partial charge in [0.2, 0.25) is 0 Å². The summed E-state index contributed by atoms with van der Waals surface area (Å²) in [7, 11) is 1.29. The molecule has 1 N–H and O–H groups in total. The van der Waals surface area contributed by atoms with Crippen LogP contribution in [0.15, 0.2) is 30.3 Å². The average molecular weight is 319 g/mol. The van der Waals surface area contributed by atoms with Crippen LogP contribution in [0.1, 0.15) is 18.4 Å². The summed E-state index contributed by atoms with van der Waals surface area (Å²) in [5, 5.41) is 10.3. The Morgan fingerprint density at radius 1 is 1.26 bits per heavy atom. The van der Waals surface area contributed by atoms with Gasteiger partial charge in [0.1, 0.15) is 12.6 Å². The molecule has 0 radical (unpaired) electrons. The highest BCUT2D eigenvalue weighted by Crippen LogP contribution is 2.44. The van der Waals surface area contributed by atoms with Gasteiger partial charge in [0, 0.05) is 12.0 Å². The third-order valence-electron chi connectivity index (χ3n) is 4.83. The molecule has 1 aliphatic carbocycles. The molecule has 124 valence electrons. The Bertz CT molecular complexity index is 576. The second-order valence-corrected chi connectivity index (χ2v) is 6.09. The van der Waals surface area contributed by atoms with E-state index in [4.69, 9.17) is 9.47 Å². The molecular weight excluding hydrogens is 298 g/mol. The zero-order chi connectivity index (χ0) is 16.4. The van der Waals surface area contributed by atoms with Crippen LogP contribution < -0.4 is 0 Å². The predicted octanol–water partition coefficient (Wildman–Crippen LogP) is 0.726. The van der Waals surface area contributed by atoms with Gasteiger partial charge in [0.25, 0.3) is 0 Å². The molecule has 1 aliphatic heterocycles. The molecule has 1 heterocycles. The standard InChI is InChI=1S/C17H21NO5/c1-22-17(21)15-16(20)12-7-8-13(12)18(15)9-14(19)23-10-11-5-3-2-4-6-11/h2-6,12-13,15-16,20H,7-10H2,1H3/t12-,13+,15?,16?/m0/s1. The van der Waals surface area contributed by atoms with Gasteiger partial charge in [0.05, 0.1) is 19.8 Å². The number of esters is 2. The molecule has 0 bridgehead atoms. The summed E-state index contributed by atoms with van der Waals surface area (Å²) in [5.41, 5.74) is 0.911. The van der Waals surface area contributed by atoms with Crippen molar-refractivity contribution in [2.75, 3.05) is 13.7 Å². The highest BCUT2D eigenvalue weighted by atomic mass is 16.5. The SMILES string of the molecule is COC(=O)C1C(O)[C@H]2CC[C@H]2N1CC(=O)OCc1ccccc1. The molecule has 3 rings (SSSR count). The summed E-state index contributed by atoms with van der Waals surface area (Å²) in [4.78, 5) is 25.8. The lowest BCUT2D eigenvalue weighted by Crippen LogP contribution is -2.48. The minimum absolute atomic E-state index is 0.00910. The number of carbonyl (C=O) groups excluding carboxylic acids is 2. The number of nitrogens with zero attached hydrogens (tertiary/aromatic N) is 1. The van der Waals surface area contributed by atoms with Crippen molar-refractivity contribution in [3.8, 4) is 0 Å². The molecule has 1 saturated heterocycles. The first-order valence-electron chi connectivity index (χ1n) is 7.83. The molecule has 23 heavy (non-hydrogen) atoms. The number of fused-ring (bicyclic) bond motifs is 1. The maximum absolute atomic E-state index is 12.1. The molecule has 1 aromatic carbocycles. The summed E-state index contributed by atoms with van der Waals surface area (Å²) in [6, 6.07) is 8.70. The van der Waals surface area contributed by atoms with Crippen molar-refractivity contribution < 1.29 is 24.2 Å². The number of hydrogen-bond donors (Lipinski definition) is 1. The van der Waals surface area contributed by atoms with Crippen LogP contribution in [0.25, 0.3) is 0 Å². The minimum atomic E-state index is -0.776. The first-order valence-corrected chi connectivity index (χ1v) is 7.83. The highest BCUT2D eigenvalue weighted by molar-refractivity contribution is 5.79. The molecule has 0 spiro atoms. The van der Waals surface area contributed by atoms with E-state index in [1.165, 1.54) is 7.11 Å². The maximum Gasteiger partial charge on any atom is 0.325 e. The van der Waals surface area contributed by atoms with Gasteiger partial charge in [-0.1, -0.05) is 30.3 Å². The molecule has 6 nitrogen and oxygen atoms in total. The molecule has 0 amide bonds. The second-order valence-electron chi connectivity index (χ2n) is 6.09. The fraction of sp³-hybridized carbons (Fsp3) is 0.529. The molecule has 2 fully saturated rings. The maximum atomic E-state index is 12.1. The Morgan fingerprint density at radius 2 is 2.00 bits per heavy atom. The number of carbonyl (C=O) groups is 2. The van der Waals surface area contributed by atoms with Crippen molar-refractivity contribution in [3.63, 3.8) is 0 Å². The zero-order valence-corrected chi connectivity index (χ0v) is 13.1. The summed E-state index contributed by atoms with van der Waals surface area (Å²) >= 11 is 0. The van der Waals surface area contributed by atoms with Gasteiger partial charge in [0.15, 0.2) is 0 Å². The number of rotatable bonds is 5. The lowest BCUT2D eigenvalue weighted by atomic mass is 9.78. The van der Waals surface area contributed by atoms with Crippen LogP contribution >= 0.6 is 0 Å². The van der Waals surface area contributed by atoms with E-state index in [1.54, 1.807) is 4.90 Å². The number of aliphatic hydroxyl groups is 1. The second kappa shape index (κ2) is 6.68. The normalized spacial score (nSPS) is 29.5. The lowest BCUT2D eigenvalue weighted by Gasteiger charge is -2.36. The number of hydrogen-bond acceptors (Lipinski definition) is 6. The molecule has 1 aromatic rings. The van der Waals surface area contributed by atoms with E-state index in [-0.39, 0.29) is 25.1 Å². The van der Waals surface area contributed by atoms with Crippen LogP contribution in [0.4, 0.5) is 0 Å². The van der Waals surface area contributed by atoms with Crippen LogP contribution in [0.5, 0.6) is 0 Å². The largest absolute Gasteiger partial charge is 0.468 e. The Balaban J connectivity index is 1.61. The average Bonchev–Trinajstić information content (AvgIpc) is 2.70. The number of methoxy groups -OCH3 is 1. The molecule has 0 aromatic heterocycles. The molecule has 2 aliphatic rings. The monoisotopic (exact) mass is 319 g/mol. The molecule has 6 heteroatoms. The van der Waals surface area contributed by atoms with Crippen molar-refractivity contribution in [2.45, 2.75) is 37.6 Å². The molecule has 4 atom stereocenters. The van der Waals surface area contributed by atoms with E-state index in [1.807, 2.05) is 30.3 Å². The van der Waals surface area contributed by atoms with Crippen molar-refractivity contribution in [1.82, 2.24) is 4.90 Å². The van der Waals surface area contributed by atoms with Crippen LogP contribution in [-0.2, 0) is 25.7 Å². The Morgan fingerprint density at radius 3 is 2.61 bits per heavy atom. The summed E-state index contributed by atoms with van der Waals surface area (Å²) < 4.78 is 10.1. The zero-order valence-electron chi connectivity index (χ0n) is 13.1. The van der Waals surface area contributed by atoms with Crippen molar-refractivity contribution in [2.24, 2.45) is 5.92 Å². The van der Waals surface area contributed by atoms with Crippen LogP contribution in [-0.4, -0.2) is 53.8 Å². The van der Waals surface area contributed by atoms with Gasteiger partial charge in [-0.2, -0.15) is 0 Å². The van der Waals surface area contributed by atoms with Crippen LogP contribution in [0.3, 0.4) is 0 Å².